The third-order valence-corrected chi connectivity index (χ3v) is 5.12. The number of hydrogen-bond donors (Lipinski definition) is 2. The van der Waals surface area contributed by atoms with Gasteiger partial charge in [0.25, 0.3) is 0 Å². The van der Waals surface area contributed by atoms with Gasteiger partial charge >= 0.3 is 0 Å². The molecule has 0 aliphatic rings. The normalized spacial score (nSPS) is 10.6. The van der Waals surface area contributed by atoms with Crippen LogP contribution in [0.2, 0.25) is 0 Å². The first kappa shape index (κ1) is 19.0. The standard InChI is InChI=1S/C16H14FN5O3S2/c1-9-6-12(22-25-9)18-14(24)8-26-16-21-20-15(27-16)19-13(23)7-10-2-4-11(17)5-3-10/h2-6H,7-8H2,1H3,(H,18,22,24)(H,19,20,23). The minimum atomic E-state index is -0.354. The molecular weight excluding hydrogens is 393 g/mol. The molecule has 0 aliphatic heterocycles. The SMILES string of the molecule is Cc1cc(NC(=O)CSc2nnc(NC(=O)Cc3ccc(F)cc3)s2)no1. The molecule has 1 aromatic carbocycles. The Kier molecular flexibility index (Phi) is 6.14. The first-order valence-electron chi connectivity index (χ1n) is 7.72. The minimum Gasteiger partial charge on any atom is -0.360 e. The first-order valence-corrected chi connectivity index (χ1v) is 9.52. The van der Waals surface area contributed by atoms with Gasteiger partial charge in [0.05, 0.1) is 12.2 Å². The number of hydrogen-bond acceptors (Lipinski definition) is 8. The monoisotopic (exact) mass is 407 g/mol. The highest BCUT2D eigenvalue weighted by molar-refractivity contribution is 8.01. The predicted octanol–water partition coefficient (Wildman–Crippen LogP) is 2.89. The van der Waals surface area contributed by atoms with Crippen LogP contribution in [0.4, 0.5) is 15.3 Å². The van der Waals surface area contributed by atoms with E-state index in [0.717, 1.165) is 11.3 Å². The highest BCUT2D eigenvalue weighted by atomic mass is 32.2. The Balaban J connectivity index is 1.45. The van der Waals surface area contributed by atoms with E-state index in [1.165, 1.54) is 23.9 Å². The van der Waals surface area contributed by atoms with Crippen LogP contribution in [-0.2, 0) is 16.0 Å². The fourth-order valence-electron chi connectivity index (χ4n) is 2.00. The summed E-state index contributed by atoms with van der Waals surface area (Å²) < 4.78 is 18.3. The lowest BCUT2D eigenvalue weighted by atomic mass is 10.1. The van der Waals surface area contributed by atoms with Gasteiger partial charge in [0.15, 0.2) is 10.2 Å². The number of thioether (sulfide) groups is 1. The maximum atomic E-state index is 12.9. The van der Waals surface area contributed by atoms with Crippen molar-refractivity contribution in [1.29, 1.82) is 0 Å². The van der Waals surface area contributed by atoms with Crippen molar-refractivity contribution < 1.29 is 18.5 Å². The molecule has 8 nitrogen and oxygen atoms in total. The lowest BCUT2D eigenvalue weighted by Gasteiger charge is -2.01. The number of carbonyl (C=O) groups is 2. The minimum absolute atomic E-state index is 0.0991. The Labute approximate surface area is 161 Å². The van der Waals surface area contributed by atoms with Gasteiger partial charge in [0.2, 0.25) is 16.9 Å². The molecule has 2 heterocycles. The maximum absolute atomic E-state index is 12.9. The third-order valence-electron chi connectivity index (χ3n) is 3.15. The van der Waals surface area contributed by atoms with Crippen LogP contribution in [-0.4, -0.2) is 32.9 Å². The average molecular weight is 407 g/mol. The van der Waals surface area contributed by atoms with Gasteiger partial charge < -0.3 is 15.2 Å². The Morgan fingerprint density at radius 2 is 1.96 bits per heavy atom. The van der Waals surface area contributed by atoms with E-state index in [1.54, 1.807) is 25.1 Å². The molecule has 0 saturated carbocycles. The summed E-state index contributed by atoms with van der Waals surface area (Å²) in [6.07, 6.45) is 0.0991. The number of rotatable bonds is 7. The second-order valence-electron chi connectivity index (χ2n) is 5.38. The van der Waals surface area contributed by atoms with Gasteiger partial charge in [-0.3, -0.25) is 9.59 Å². The van der Waals surface area contributed by atoms with Gasteiger partial charge in [-0.2, -0.15) is 0 Å². The fourth-order valence-corrected chi connectivity index (χ4v) is 3.57. The van der Waals surface area contributed by atoms with Gasteiger partial charge in [-0.15, -0.1) is 10.2 Å². The molecule has 0 aliphatic carbocycles. The van der Waals surface area contributed by atoms with Gasteiger partial charge in [-0.25, -0.2) is 4.39 Å². The molecule has 0 radical (unpaired) electrons. The number of benzene rings is 1. The highest BCUT2D eigenvalue weighted by Crippen LogP contribution is 2.25. The van der Waals surface area contributed by atoms with Crippen LogP contribution in [0, 0.1) is 12.7 Å². The van der Waals surface area contributed by atoms with Crippen LogP contribution in [0.15, 0.2) is 39.2 Å². The van der Waals surface area contributed by atoms with Crippen molar-refractivity contribution in [2.75, 3.05) is 16.4 Å². The highest BCUT2D eigenvalue weighted by Gasteiger charge is 2.12. The Bertz CT molecular complexity index is 942. The molecule has 0 saturated heterocycles. The fraction of sp³-hybridized carbons (Fsp3) is 0.188. The van der Waals surface area contributed by atoms with Crippen molar-refractivity contribution in [1.82, 2.24) is 15.4 Å². The zero-order chi connectivity index (χ0) is 19.2. The largest absolute Gasteiger partial charge is 0.360 e. The molecule has 0 atom stereocenters. The Morgan fingerprint density at radius 1 is 1.19 bits per heavy atom. The van der Waals surface area contributed by atoms with Gasteiger partial charge in [-0.05, 0) is 24.6 Å². The topological polar surface area (TPSA) is 110 Å². The number of amides is 2. The molecule has 27 heavy (non-hydrogen) atoms. The second kappa shape index (κ2) is 8.73. The predicted molar refractivity (Wildman–Crippen MR) is 99.2 cm³/mol. The molecule has 0 bridgehead atoms. The Hall–Kier alpha value is -2.79. The molecule has 0 unspecified atom stereocenters. The molecule has 3 aromatic rings. The van der Waals surface area contributed by atoms with Crippen LogP contribution < -0.4 is 10.6 Å². The zero-order valence-corrected chi connectivity index (χ0v) is 15.7. The summed E-state index contributed by atoms with van der Waals surface area (Å²) in [5, 5.41) is 17.0. The van der Waals surface area contributed by atoms with Crippen molar-refractivity contribution in [3.63, 3.8) is 0 Å². The van der Waals surface area contributed by atoms with Gasteiger partial charge in [0, 0.05) is 6.07 Å². The maximum Gasteiger partial charge on any atom is 0.236 e. The Morgan fingerprint density at radius 3 is 2.67 bits per heavy atom. The van der Waals surface area contributed by atoms with Crippen LogP contribution in [0.3, 0.4) is 0 Å². The van der Waals surface area contributed by atoms with E-state index < -0.39 is 0 Å². The number of halogens is 1. The molecule has 11 heteroatoms. The summed E-state index contributed by atoms with van der Waals surface area (Å²) in [5.41, 5.74) is 0.688. The zero-order valence-electron chi connectivity index (χ0n) is 14.1. The number of anilines is 2. The van der Waals surface area contributed by atoms with Gasteiger partial charge in [-0.1, -0.05) is 40.4 Å². The lowest BCUT2D eigenvalue weighted by Crippen LogP contribution is -2.14. The van der Waals surface area contributed by atoms with E-state index in [-0.39, 0.29) is 29.8 Å². The molecule has 2 amide bonds. The second-order valence-corrected chi connectivity index (χ2v) is 7.58. The van der Waals surface area contributed by atoms with Crippen molar-refractivity contribution in [2.45, 2.75) is 17.7 Å². The van der Waals surface area contributed by atoms with E-state index >= 15 is 0 Å². The van der Waals surface area contributed by atoms with Crippen molar-refractivity contribution in [2.24, 2.45) is 0 Å². The molecule has 2 aromatic heterocycles. The van der Waals surface area contributed by atoms with Crippen molar-refractivity contribution >= 4 is 45.9 Å². The summed E-state index contributed by atoms with van der Waals surface area (Å²) >= 11 is 2.35. The van der Waals surface area contributed by atoms with E-state index in [4.69, 9.17) is 4.52 Å². The number of nitrogens with zero attached hydrogens (tertiary/aromatic N) is 3. The van der Waals surface area contributed by atoms with E-state index in [2.05, 4.69) is 26.0 Å². The molecular formula is C16H14FN5O3S2. The van der Waals surface area contributed by atoms with E-state index in [1.807, 2.05) is 0 Å². The smallest absolute Gasteiger partial charge is 0.236 e. The molecule has 3 rings (SSSR count). The first-order chi connectivity index (χ1) is 13.0. The van der Waals surface area contributed by atoms with Crippen molar-refractivity contribution in [3.8, 4) is 0 Å². The molecule has 140 valence electrons. The third kappa shape index (κ3) is 5.86. The molecule has 0 spiro atoms. The summed E-state index contributed by atoms with van der Waals surface area (Å²) in [5.74, 6) is 0.170. The quantitative estimate of drug-likeness (QED) is 0.458. The van der Waals surface area contributed by atoms with Crippen molar-refractivity contribution in [3.05, 3.63) is 47.5 Å². The number of carbonyl (C=O) groups excluding carboxylic acids is 2. The van der Waals surface area contributed by atoms with Crippen LogP contribution in [0.1, 0.15) is 11.3 Å². The average Bonchev–Trinajstić information content (AvgIpc) is 3.24. The summed E-state index contributed by atoms with van der Waals surface area (Å²) in [6.45, 7) is 1.73. The van der Waals surface area contributed by atoms with E-state index in [0.29, 0.717) is 26.6 Å². The van der Waals surface area contributed by atoms with Crippen LogP contribution in [0.25, 0.3) is 0 Å². The van der Waals surface area contributed by atoms with E-state index in [9.17, 15) is 14.0 Å². The van der Waals surface area contributed by atoms with Gasteiger partial charge in [0.1, 0.15) is 11.6 Å². The number of nitrogens with one attached hydrogen (secondary N) is 2. The molecule has 2 N–H and O–H groups in total. The van der Waals surface area contributed by atoms with Crippen LogP contribution in [0.5, 0.6) is 0 Å². The molecule has 0 fully saturated rings. The summed E-state index contributed by atoms with van der Waals surface area (Å²) in [7, 11) is 0. The van der Waals surface area contributed by atoms with Crippen LogP contribution >= 0.6 is 23.1 Å². The summed E-state index contributed by atoms with van der Waals surface area (Å²) in [6, 6.07) is 7.31. The summed E-state index contributed by atoms with van der Waals surface area (Å²) in [4.78, 5) is 23.8. The number of aromatic nitrogens is 3. The lowest BCUT2D eigenvalue weighted by molar-refractivity contribution is -0.115. The number of aryl methyl sites for hydroxylation is 1.